The van der Waals surface area contributed by atoms with Crippen molar-refractivity contribution in [3.8, 4) is 0 Å². The standard InChI is InChI=1S/C36H36O7/c1-19(2)16-41-34(38)27-12-9-24-26-11-14-29(36(40)43-18-21(5)6)33-28(35(39)42-17-20(3)4)13-10-25(32(26)33)23-8-7-22(15-37)30(27)31(23)24/h7-15,19-21H,16-18H2,1-6H3. The Balaban J connectivity index is 1.86. The minimum Gasteiger partial charge on any atom is -0.462 e. The summed E-state index contributed by atoms with van der Waals surface area (Å²) in [7, 11) is 0. The number of benzene rings is 5. The van der Waals surface area contributed by atoms with Crippen LogP contribution in [0.4, 0.5) is 0 Å². The molecule has 0 spiro atoms. The van der Waals surface area contributed by atoms with Gasteiger partial charge in [-0.05, 0) is 68.3 Å². The lowest BCUT2D eigenvalue weighted by atomic mass is 9.84. The average molecular weight is 581 g/mol. The minimum absolute atomic E-state index is 0.136. The maximum Gasteiger partial charge on any atom is 0.338 e. The topological polar surface area (TPSA) is 96.0 Å². The highest BCUT2D eigenvalue weighted by atomic mass is 16.5. The third-order valence-electron chi connectivity index (χ3n) is 7.36. The molecule has 0 aliphatic heterocycles. The second-order valence-corrected chi connectivity index (χ2v) is 12.3. The first-order valence-corrected chi connectivity index (χ1v) is 14.7. The molecule has 0 aliphatic rings. The molecule has 43 heavy (non-hydrogen) atoms. The Kier molecular flexibility index (Phi) is 8.36. The zero-order valence-corrected chi connectivity index (χ0v) is 25.4. The summed E-state index contributed by atoms with van der Waals surface area (Å²) in [6.07, 6.45) is 0.745. The number of rotatable bonds is 10. The predicted octanol–water partition coefficient (Wildman–Crippen LogP) is 7.99. The summed E-state index contributed by atoms with van der Waals surface area (Å²) in [6.45, 7) is 12.5. The van der Waals surface area contributed by atoms with Crippen molar-refractivity contribution in [1.29, 1.82) is 0 Å². The third kappa shape index (κ3) is 5.52. The van der Waals surface area contributed by atoms with Crippen molar-refractivity contribution in [3.63, 3.8) is 0 Å². The van der Waals surface area contributed by atoms with Crippen molar-refractivity contribution in [2.24, 2.45) is 17.8 Å². The number of carbonyl (C=O) groups is 4. The molecule has 5 rings (SSSR count). The van der Waals surface area contributed by atoms with Crippen LogP contribution in [0, 0.1) is 17.8 Å². The van der Waals surface area contributed by atoms with E-state index in [1.54, 1.807) is 24.3 Å². The minimum atomic E-state index is -0.522. The van der Waals surface area contributed by atoms with Crippen molar-refractivity contribution in [3.05, 3.63) is 70.8 Å². The number of hydrogen-bond donors (Lipinski definition) is 0. The van der Waals surface area contributed by atoms with Gasteiger partial charge in [-0.1, -0.05) is 71.9 Å². The first kappa shape index (κ1) is 30.0. The maximum absolute atomic E-state index is 13.4. The van der Waals surface area contributed by atoms with Crippen molar-refractivity contribution in [1.82, 2.24) is 0 Å². The van der Waals surface area contributed by atoms with Crippen LogP contribution >= 0.6 is 0 Å². The van der Waals surface area contributed by atoms with Crippen molar-refractivity contribution < 1.29 is 33.4 Å². The summed E-state index contributed by atoms with van der Waals surface area (Å²) in [5.74, 6) is -1.11. The van der Waals surface area contributed by atoms with Gasteiger partial charge in [-0.15, -0.1) is 0 Å². The lowest BCUT2D eigenvalue weighted by molar-refractivity contribution is 0.0449. The van der Waals surface area contributed by atoms with Gasteiger partial charge in [-0.25, -0.2) is 14.4 Å². The van der Waals surface area contributed by atoms with Crippen LogP contribution in [-0.4, -0.2) is 44.0 Å². The average Bonchev–Trinajstić information content (AvgIpc) is 2.99. The Morgan fingerprint density at radius 1 is 0.512 bits per heavy atom. The molecule has 5 aromatic carbocycles. The monoisotopic (exact) mass is 580 g/mol. The zero-order valence-electron chi connectivity index (χ0n) is 25.4. The Labute approximate surface area is 250 Å². The first-order chi connectivity index (χ1) is 20.5. The van der Waals surface area contributed by atoms with Crippen LogP contribution in [0.15, 0.2) is 48.5 Å². The molecule has 0 saturated heterocycles. The highest BCUT2D eigenvalue weighted by Crippen LogP contribution is 2.44. The van der Waals surface area contributed by atoms with Gasteiger partial charge in [0.1, 0.15) is 0 Å². The maximum atomic E-state index is 13.4. The number of esters is 3. The largest absolute Gasteiger partial charge is 0.462 e. The number of carbonyl (C=O) groups excluding carboxylic acids is 4. The SMILES string of the molecule is CC(C)COC(=O)c1ccc2c3ccc(C(=O)OCC(C)C)c4c(C(=O)OCC(C)C)ccc(c5ccc(C=O)c1c52)c43. The molecule has 0 atom stereocenters. The summed E-state index contributed by atoms with van der Waals surface area (Å²) in [6, 6.07) is 14.1. The summed E-state index contributed by atoms with van der Waals surface area (Å²) in [4.78, 5) is 52.3. The second-order valence-electron chi connectivity index (χ2n) is 12.3. The van der Waals surface area contributed by atoms with E-state index in [-0.39, 0.29) is 48.7 Å². The van der Waals surface area contributed by atoms with Crippen LogP contribution in [0.5, 0.6) is 0 Å². The fourth-order valence-electron chi connectivity index (χ4n) is 5.48. The van der Waals surface area contributed by atoms with Gasteiger partial charge in [0.25, 0.3) is 0 Å². The molecule has 0 fully saturated rings. The van der Waals surface area contributed by atoms with E-state index in [9.17, 15) is 19.2 Å². The predicted molar refractivity (Wildman–Crippen MR) is 168 cm³/mol. The fourth-order valence-corrected chi connectivity index (χ4v) is 5.48. The van der Waals surface area contributed by atoms with E-state index in [1.165, 1.54) is 0 Å². The smallest absolute Gasteiger partial charge is 0.338 e. The molecule has 0 bridgehead atoms. The van der Waals surface area contributed by atoms with Gasteiger partial charge in [0, 0.05) is 16.3 Å². The second kappa shape index (κ2) is 12.0. The van der Waals surface area contributed by atoms with Crippen molar-refractivity contribution in [2.45, 2.75) is 41.5 Å². The molecule has 7 heteroatoms. The number of ether oxygens (including phenoxy) is 3. The number of aldehydes is 1. The van der Waals surface area contributed by atoms with E-state index >= 15 is 0 Å². The highest BCUT2D eigenvalue weighted by Gasteiger charge is 2.26. The van der Waals surface area contributed by atoms with E-state index in [2.05, 4.69) is 0 Å². The lowest BCUT2D eigenvalue weighted by Gasteiger charge is -2.20. The van der Waals surface area contributed by atoms with Crippen molar-refractivity contribution >= 4 is 67.3 Å². The van der Waals surface area contributed by atoms with Gasteiger partial charge in [0.2, 0.25) is 0 Å². The van der Waals surface area contributed by atoms with E-state index in [1.807, 2.05) is 65.8 Å². The molecule has 0 amide bonds. The summed E-state index contributed by atoms with van der Waals surface area (Å²) >= 11 is 0. The summed E-state index contributed by atoms with van der Waals surface area (Å²) < 4.78 is 16.8. The quantitative estimate of drug-likeness (QED) is 0.0543. The van der Waals surface area contributed by atoms with Crippen LogP contribution in [-0.2, 0) is 14.2 Å². The van der Waals surface area contributed by atoms with E-state index in [4.69, 9.17) is 14.2 Å². The molecule has 0 unspecified atom stereocenters. The van der Waals surface area contributed by atoms with Crippen LogP contribution in [0.3, 0.4) is 0 Å². The van der Waals surface area contributed by atoms with Crippen molar-refractivity contribution in [2.75, 3.05) is 19.8 Å². The van der Waals surface area contributed by atoms with Gasteiger partial charge in [0.05, 0.1) is 36.5 Å². The Morgan fingerprint density at radius 2 is 0.837 bits per heavy atom. The van der Waals surface area contributed by atoms with Gasteiger partial charge in [-0.3, -0.25) is 4.79 Å². The van der Waals surface area contributed by atoms with Crippen LogP contribution in [0.1, 0.15) is 83.0 Å². The Hall–Kier alpha value is -4.52. The molecule has 0 radical (unpaired) electrons. The highest BCUT2D eigenvalue weighted by molar-refractivity contribution is 6.37. The molecule has 7 nitrogen and oxygen atoms in total. The molecule has 0 N–H and O–H groups in total. The normalized spacial score (nSPS) is 11.8. The third-order valence-corrected chi connectivity index (χ3v) is 7.36. The van der Waals surface area contributed by atoms with Gasteiger partial charge < -0.3 is 14.2 Å². The molecule has 5 aromatic rings. The lowest BCUT2D eigenvalue weighted by Crippen LogP contribution is -2.14. The molecular formula is C36H36O7. The van der Waals surface area contributed by atoms with Crippen LogP contribution in [0.25, 0.3) is 43.1 Å². The van der Waals surface area contributed by atoms with Gasteiger partial charge >= 0.3 is 17.9 Å². The Bertz CT molecular complexity index is 1800. The molecule has 0 aliphatic carbocycles. The zero-order chi connectivity index (χ0) is 31.0. The molecule has 222 valence electrons. The summed E-state index contributed by atoms with van der Waals surface area (Å²) in [5, 5.41) is 5.51. The molecular weight excluding hydrogens is 544 g/mol. The molecule has 0 saturated carbocycles. The van der Waals surface area contributed by atoms with Crippen LogP contribution in [0.2, 0.25) is 0 Å². The van der Waals surface area contributed by atoms with E-state index in [0.717, 1.165) is 33.2 Å². The Morgan fingerprint density at radius 3 is 1.19 bits per heavy atom. The van der Waals surface area contributed by atoms with E-state index in [0.29, 0.717) is 27.3 Å². The fraction of sp³-hybridized carbons (Fsp3) is 0.333. The van der Waals surface area contributed by atoms with Gasteiger partial charge in [-0.2, -0.15) is 0 Å². The number of fused-ring (bicyclic) bond motifs is 2. The molecule has 0 heterocycles. The van der Waals surface area contributed by atoms with Gasteiger partial charge in [0.15, 0.2) is 6.29 Å². The summed E-state index contributed by atoms with van der Waals surface area (Å²) in [5.41, 5.74) is 1.23. The van der Waals surface area contributed by atoms with E-state index < -0.39 is 17.9 Å². The molecule has 0 aromatic heterocycles. The van der Waals surface area contributed by atoms with Crippen LogP contribution < -0.4 is 0 Å². The first-order valence-electron chi connectivity index (χ1n) is 14.7. The number of hydrogen-bond acceptors (Lipinski definition) is 7.